The topological polar surface area (TPSA) is 17.8 Å². The highest BCUT2D eigenvalue weighted by atomic mass is 35.5. The number of alkyl halides is 1. The molecule has 0 aliphatic carbocycles. The minimum Gasteiger partial charge on any atom is -0.267 e. The Hall–Kier alpha value is 0.140. The lowest BCUT2D eigenvalue weighted by Gasteiger charge is -2.08. The standard InChI is InChI=1S/C10H16Cl2N2S/c1-4-14-9(6-15-7(2)5-11)10(12)8(3)13-14/h7H,4-6H2,1-3H3. The van der Waals surface area contributed by atoms with E-state index in [0.717, 1.165) is 28.7 Å². The first-order valence-corrected chi connectivity index (χ1v) is 6.95. The van der Waals surface area contributed by atoms with Crippen LogP contribution < -0.4 is 0 Å². The number of aromatic nitrogens is 2. The molecule has 0 aliphatic heterocycles. The third-order valence-electron chi connectivity index (χ3n) is 2.17. The van der Waals surface area contributed by atoms with E-state index in [1.165, 1.54) is 0 Å². The lowest BCUT2D eigenvalue weighted by Crippen LogP contribution is -2.04. The smallest absolute Gasteiger partial charge is 0.0855 e. The normalized spacial score (nSPS) is 13.1. The number of nitrogens with zero attached hydrogens (tertiary/aromatic N) is 2. The van der Waals surface area contributed by atoms with Crippen LogP contribution in [0.4, 0.5) is 0 Å². The molecule has 0 aliphatic rings. The van der Waals surface area contributed by atoms with Crippen LogP contribution in [0.3, 0.4) is 0 Å². The summed E-state index contributed by atoms with van der Waals surface area (Å²) in [6, 6.07) is 0. The van der Waals surface area contributed by atoms with E-state index in [2.05, 4.69) is 18.9 Å². The summed E-state index contributed by atoms with van der Waals surface area (Å²) in [6.07, 6.45) is 0. The molecule has 1 heterocycles. The molecule has 0 spiro atoms. The SMILES string of the molecule is CCn1nc(C)c(Cl)c1CSC(C)CCl. The van der Waals surface area contributed by atoms with E-state index < -0.39 is 0 Å². The molecule has 1 aromatic rings. The monoisotopic (exact) mass is 266 g/mol. The molecular formula is C10H16Cl2N2S. The van der Waals surface area contributed by atoms with Crippen LogP contribution in [-0.2, 0) is 12.3 Å². The van der Waals surface area contributed by atoms with Gasteiger partial charge in [-0.3, -0.25) is 4.68 Å². The van der Waals surface area contributed by atoms with E-state index in [1.807, 2.05) is 23.4 Å². The van der Waals surface area contributed by atoms with Gasteiger partial charge in [-0.25, -0.2) is 0 Å². The average Bonchev–Trinajstić information content (AvgIpc) is 2.52. The highest BCUT2D eigenvalue weighted by molar-refractivity contribution is 7.99. The van der Waals surface area contributed by atoms with E-state index in [-0.39, 0.29) is 0 Å². The molecule has 1 unspecified atom stereocenters. The molecule has 0 radical (unpaired) electrons. The summed E-state index contributed by atoms with van der Waals surface area (Å²) in [4.78, 5) is 0. The first kappa shape index (κ1) is 13.2. The van der Waals surface area contributed by atoms with Crippen LogP contribution in [0.25, 0.3) is 0 Å². The van der Waals surface area contributed by atoms with E-state index in [1.54, 1.807) is 0 Å². The van der Waals surface area contributed by atoms with Gasteiger partial charge in [-0.2, -0.15) is 16.9 Å². The number of hydrogen-bond donors (Lipinski definition) is 0. The number of rotatable bonds is 5. The summed E-state index contributed by atoms with van der Waals surface area (Å²) in [5, 5.41) is 5.62. The van der Waals surface area contributed by atoms with Crippen molar-refractivity contribution in [2.24, 2.45) is 0 Å². The quantitative estimate of drug-likeness (QED) is 0.756. The molecule has 86 valence electrons. The summed E-state index contributed by atoms with van der Waals surface area (Å²) in [6.45, 7) is 6.99. The molecule has 0 aromatic carbocycles. The van der Waals surface area contributed by atoms with Crippen LogP contribution in [0.1, 0.15) is 25.2 Å². The molecule has 1 aromatic heterocycles. The van der Waals surface area contributed by atoms with Crippen LogP contribution >= 0.6 is 35.0 Å². The third kappa shape index (κ3) is 3.30. The van der Waals surface area contributed by atoms with Crippen molar-refractivity contribution in [3.05, 3.63) is 16.4 Å². The number of hydrogen-bond acceptors (Lipinski definition) is 2. The molecule has 1 atom stereocenters. The third-order valence-corrected chi connectivity index (χ3v) is 4.49. The van der Waals surface area contributed by atoms with Crippen molar-refractivity contribution in [2.45, 2.75) is 38.3 Å². The van der Waals surface area contributed by atoms with Crippen LogP contribution in [0.5, 0.6) is 0 Å². The Balaban J connectivity index is 2.74. The summed E-state index contributed by atoms with van der Waals surface area (Å²) in [7, 11) is 0. The first-order chi connectivity index (χ1) is 7.10. The van der Waals surface area contributed by atoms with Crippen LogP contribution in [0, 0.1) is 6.92 Å². The van der Waals surface area contributed by atoms with Gasteiger partial charge in [0.1, 0.15) is 0 Å². The van der Waals surface area contributed by atoms with Crippen molar-refractivity contribution in [2.75, 3.05) is 5.88 Å². The number of halogens is 2. The Morgan fingerprint density at radius 2 is 2.20 bits per heavy atom. The highest BCUT2D eigenvalue weighted by Crippen LogP contribution is 2.26. The Bertz CT molecular complexity index is 325. The zero-order chi connectivity index (χ0) is 11.4. The van der Waals surface area contributed by atoms with Gasteiger partial charge in [-0.1, -0.05) is 18.5 Å². The molecular weight excluding hydrogens is 251 g/mol. The largest absolute Gasteiger partial charge is 0.267 e. The lowest BCUT2D eigenvalue weighted by atomic mass is 10.4. The second-order valence-corrected chi connectivity index (χ2v) is 5.55. The fraction of sp³-hybridized carbons (Fsp3) is 0.700. The van der Waals surface area contributed by atoms with Crippen LogP contribution in [-0.4, -0.2) is 20.9 Å². The van der Waals surface area contributed by atoms with E-state index in [9.17, 15) is 0 Å². The average molecular weight is 267 g/mol. The van der Waals surface area contributed by atoms with Gasteiger partial charge >= 0.3 is 0 Å². The van der Waals surface area contributed by atoms with Gasteiger partial charge in [0.25, 0.3) is 0 Å². The van der Waals surface area contributed by atoms with Gasteiger partial charge in [-0.15, -0.1) is 11.6 Å². The molecule has 5 heteroatoms. The van der Waals surface area contributed by atoms with Gasteiger partial charge < -0.3 is 0 Å². The molecule has 1 rings (SSSR count). The molecule has 0 N–H and O–H groups in total. The maximum absolute atomic E-state index is 6.19. The van der Waals surface area contributed by atoms with Crippen molar-refractivity contribution in [1.82, 2.24) is 9.78 Å². The van der Waals surface area contributed by atoms with E-state index in [4.69, 9.17) is 23.2 Å². The van der Waals surface area contributed by atoms with E-state index >= 15 is 0 Å². The van der Waals surface area contributed by atoms with Crippen molar-refractivity contribution < 1.29 is 0 Å². The van der Waals surface area contributed by atoms with Crippen LogP contribution in [0.15, 0.2) is 0 Å². The fourth-order valence-corrected chi connectivity index (χ4v) is 2.65. The lowest BCUT2D eigenvalue weighted by molar-refractivity contribution is 0.632. The maximum atomic E-state index is 6.19. The second kappa shape index (κ2) is 6.02. The van der Waals surface area contributed by atoms with E-state index in [0.29, 0.717) is 11.1 Å². The molecule has 0 fully saturated rings. The Morgan fingerprint density at radius 1 is 1.53 bits per heavy atom. The number of aryl methyl sites for hydroxylation is 2. The predicted octanol–water partition coefficient (Wildman–Crippen LogP) is 3.73. The summed E-state index contributed by atoms with van der Waals surface area (Å²) in [5.41, 5.74) is 2.02. The van der Waals surface area contributed by atoms with Gasteiger partial charge in [0.2, 0.25) is 0 Å². The highest BCUT2D eigenvalue weighted by Gasteiger charge is 2.13. The van der Waals surface area contributed by atoms with Crippen molar-refractivity contribution in [3.63, 3.8) is 0 Å². The Morgan fingerprint density at radius 3 is 2.73 bits per heavy atom. The van der Waals surface area contributed by atoms with Gasteiger partial charge in [0.05, 0.1) is 16.4 Å². The van der Waals surface area contributed by atoms with Crippen LogP contribution in [0.2, 0.25) is 5.02 Å². The summed E-state index contributed by atoms with van der Waals surface area (Å²) in [5.74, 6) is 1.54. The second-order valence-electron chi connectivity index (χ2n) is 3.44. The van der Waals surface area contributed by atoms with Crippen molar-refractivity contribution in [1.29, 1.82) is 0 Å². The number of thioether (sulfide) groups is 1. The molecule has 0 amide bonds. The molecule has 0 saturated heterocycles. The predicted molar refractivity (Wildman–Crippen MR) is 69.1 cm³/mol. The van der Waals surface area contributed by atoms with Crippen molar-refractivity contribution >= 4 is 35.0 Å². The van der Waals surface area contributed by atoms with Gasteiger partial charge in [-0.05, 0) is 13.8 Å². The molecule has 15 heavy (non-hydrogen) atoms. The minimum atomic E-state index is 0.447. The maximum Gasteiger partial charge on any atom is 0.0855 e. The fourth-order valence-electron chi connectivity index (χ4n) is 1.27. The summed E-state index contributed by atoms with van der Waals surface area (Å²) < 4.78 is 1.96. The molecule has 0 saturated carbocycles. The molecule has 0 bridgehead atoms. The van der Waals surface area contributed by atoms with Gasteiger partial charge in [0, 0.05) is 23.4 Å². The molecule has 2 nitrogen and oxygen atoms in total. The van der Waals surface area contributed by atoms with Gasteiger partial charge in [0.15, 0.2) is 0 Å². The zero-order valence-corrected chi connectivity index (χ0v) is 11.6. The Kier molecular flexibility index (Phi) is 5.30. The zero-order valence-electron chi connectivity index (χ0n) is 9.26. The Labute approximate surface area is 105 Å². The first-order valence-electron chi connectivity index (χ1n) is 4.99. The minimum absolute atomic E-state index is 0.447. The summed E-state index contributed by atoms with van der Waals surface area (Å²) >= 11 is 13.8. The van der Waals surface area contributed by atoms with Crippen molar-refractivity contribution in [3.8, 4) is 0 Å².